The van der Waals surface area contributed by atoms with Crippen LogP contribution < -0.4 is 4.74 Å². The molecule has 2 aliphatic rings. The number of halogens is 1. The molecule has 0 radical (unpaired) electrons. The van der Waals surface area contributed by atoms with Crippen molar-refractivity contribution in [2.75, 3.05) is 40.0 Å². The smallest absolute Gasteiger partial charge is 0.247 e. The fourth-order valence-corrected chi connectivity index (χ4v) is 6.71. The maximum atomic E-state index is 13.7. The molecule has 0 spiro atoms. The van der Waals surface area contributed by atoms with Crippen LogP contribution in [0.2, 0.25) is 0 Å². The van der Waals surface area contributed by atoms with Gasteiger partial charge in [0.05, 0.1) is 13.2 Å². The zero-order chi connectivity index (χ0) is 26.7. The van der Waals surface area contributed by atoms with Crippen LogP contribution in [-0.4, -0.2) is 80.7 Å². The number of likely N-dealkylation sites (N-methyl/N-ethyl adjacent to an activating group) is 1. The number of amides is 1. The first-order chi connectivity index (χ1) is 17.6. The number of rotatable bonds is 6. The third-order valence-corrected chi connectivity index (χ3v) is 9.26. The Morgan fingerprint density at radius 3 is 2.46 bits per heavy atom. The number of benzene rings is 2. The summed E-state index contributed by atoms with van der Waals surface area (Å²) in [6, 6.07) is 10.1. The normalized spacial score (nSPS) is 23.3. The molecule has 3 atom stereocenters. The Hall–Kier alpha value is -2.53. The van der Waals surface area contributed by atoms with E-state index in [1.165, 1.54) is 22.5 Å². The molecular weight excluding hydrogens is 499 g/mol. The van der Waals surface area contributed by atoms with Gasteiger partial charge in [-0.2, -0.15) is 4.31 Å². The van der Waals surface area contributed by atoms with E-state index in [1.54, 1.807) is 43.1 Å². The van der Waals surface area contributed by atoms with Gasteiger partial charge >= 0.3 is 0 Å². The monoisotopic (exact) mass is 534 g/mol. The standard InChI is InChI=1S/C27H35FN2O6S/c1-18-15-30(19(2)17-31)37(33,34)26-9-6-22(20-4-7-23(28)8-5-20)14-24(26)36-25(18)16-29(3)27(32)21-10-12-35-13-11-21/h4-9,14,18-19,21,25,31H,10-13,15-17H2,1-3H3/t18-,19+,25-/m1/s1. The molecule has 0 saturated carbocycles. The van der Waals surface area contributed by atoms with E-state index in [-0.39, 0.29) is 53.9 Å². The fourth-order valence-electron chi connectivity index (χ4n) is 4.88. The number of aliphatic hydroxyl groups excluding tert-OH is 1. The predicted octanol–water partition coefficient (Wildman–Crippen LogP) is 3.15. The quantitative estimate of drug-likeness (QED) is 0.612. The molecule has 2 heterocycles. The zero-order valence-corrected chi connectivity index (χ0v) is 22.3. The Bertz CT molecular complexity index is 1200. The molecule has 2 aliphatic heterocycles. The Morgan fingerprint density at radius 2 is 1.81 bits per heavy atom. The van der Waals surface area contributed by atoms with Gasteiger partial charge in [-0.05, 0) is 55.2 Å². The molecule has 10 heteroatoms. The molecule has 202 valence electrons. The summed E-state index contributed by atoms with van der Waals surface area (Å²) < 4.78 is 53.9. The van der Waals surface area contributed by atoms with Gasteiger partial charge in [0.2, 0.25) is 15.9 Å². The van der Waals surface area contributed by atoms with Crippen LogP contribution >= 0.6 is 0 Å². The minimum Gasteiger partial charge on any atom is -0.487 e. The summed E-state index contributed by atoms with van der Waals surface area (Å²) in [6.45, 7) is 4.75. The van der Waals surface area contributed by atoms with Crippen molar-refractivity contribution in [2.45, 2.75) is 43.7 Å². The Kier molecular flexibility index (Phi) is 8.52. The van der Waals surface area contributed by atoms with Crippen molar-refractivity contribution in [3.8, 4) is 16.9 Å². The lowest BCUT2D eigenvalue weighted by Gasteiger charge is -2.38. The van der Waals surface area contributed by atoms with Crippen LogP contribution in [-0.2, 0) is 19.6 Å². The molecule has 1 saturated heterocycles. The third kappa shape index (κ3) is 5.98. The molecule has 0 aliphatic carbocycles. The molecule has 0 bridgehead atoms. The molecule has 0 aromatic heterocycles. The molecule has 4 rings (SSSR count). The van der Waals surface area contributed by atoms with E-state index in [4.69, 9.17) is 9.47 Å². The van der Waals surface area contributed by atoms with Gasteiger partial charge < -0.3 is 19.5 Å². The Balaban J connectivity index is 1.71. The summed E-state index contributed by atoms with van der Waals surface area (Å²) in [6.07, 6.45) is 0.849. The van der Waals surface area contributed by atoms with E-state index in [1.807, 2.05) is 6.92 Å². The van der Waals surface area contributed by atoms with Gasteiger partial charge in [0.1, 0.15) is 22.6 Å². The second kappa shape index (κ2) is 11.5. The number of hydrogen-bond donors (Lipinski definition) is 1. The highest BCUT2D eigenvalue weighted by Crippen LogP contribution is 2.36. The molecule has 2 aromatic carbocycles. The van der Waals surface area contributed by atoms with Gasteiger partial charge in [0.15, 0.2) is 0 Å². The van der Waals surface area contributed by atoms with Gasteiger partial charge in [0, 0.05) is 44.7 Å². The number of nitrogens with zero attached hydrogens (tertiary/aromatic N) is 2. The van der Waals surface area contributed by atoms with Crippen molar-refractivity contribution in [3.05, 3.63) is 48.3 Å². The van der Waals surface area contributed by atoms with E-state index >= 15 is 0 Å². The highest BCUT2D eigenvalue weighted by Gasteiger charge is 2.39. The molecular formula is C27H35FN2O6S. The van der Waals surface area contributed by atoms with Gasteiger partial charge in [-0.1, -0.05) is 25.1 Å². The molecule has 1 N–H and O–H groups in total. The van der Waals surface area contributed by atoms with Gasteiger partial charge in [-0.3, -0.25) is 4.79 Å². The molecule has 8 nitrogen and oxygen atoms in total. The second-order valence-corrected chi connectivity index (χ2v) is 11.9. The number of ether oxygens (including phenoxy) is 2. The maximum Gasteiger partial charge on any atom is 0.247 e. The van der Waals surface area contributed by atoms with Crippen LogP contribution in [0.4, 0.5) is 4.39 Å². The first kappa shape index (κ1) is 27.5. The number of carbonyl (C=O) groups is 1. The SMILES string of the molecule is C[C@@H]1CN([C@@H](C)CO)S(=O)(=O)c2ccc(-c3ccc(F)cc3)cc2O[C@@H]1CN(C)C(=O)C1CCOCC1. The second-order valence-electron chi connectivity index (χ2n) is 10.0. The summed E-state index contributed by atoms with van der Waals surface area (Å²) in [5.41, 5.74) is 1.39. The van der Waals surface area contributed by atoms with Crippen molar-refractivity contribution >= 4 is 15.9 Å². The van der Waals surface area contributed by atoms with Crippen LogP contribution in [0.1, 0.15) is 26.7 Å². The number of carbonyl (C=O) groups excluding carboxylic acids is 1. The highest BCUT2D eigenvalue weighted by molar-refractivity contribution is 7.89. The van der Waals surface area contributed by atoms with Crippen LogP contribution in [0.3, 0.4) is 0 Å². The number of fused-ring (bicyclic) bond motifs is 1. The van der Waals surface area contributed by atoms with Gasteiger partial charge in [0.25, 0.3) is 0 Å². The number of hydrogen-bond acceptors (Lipinski definition) is 6. The fraction of sp³-hybridized carbons (Fsp3) is 0.519. The summed E-state index contributed by atoms with van der Waals surface area (Å²) in [7, 11) is -2.24. The van der Waals surface area contributed by atoms with Crippen LogP contribution in [0.15, 0.2) is 47.4 Å². The molecule has 0 unspecified atom stereocenters. The first-order valence-corrected chi connectivity index (χ1v) is 14.1. The molecule has 1 fully saturated rings. The lowest BCUT2D eigenvalue weighted by Crippen LogP contribution is -2.50. The Morgan fingerprint density at radius 1 is 1.16 bits per heavy atom. The van der Waals surface area contributed by atoms with E-state index in [9.17, 15) is 22.7 Å². The van der Waals surface area contributed by atoms with Crippen LogP contribution in [0.5, 0.6) is 5.75 Å². The van der Waals surface area contributed by atoms with Crippen LogP contribution in [0, 0.1) is 17.7 Å². The number of aliphatic hydroxyl groups is 1. The van der Waals surface area contributed by atoms with Gasteiger partial charge in [-0.25, -0.2) is 12.8 Å². The molecule has 2 aromatic rings. The average molecular weight is 535 g/mol. The van der Waals surface area contributed by atoms with Gasteiger partial charge in [-0.15, -0.1) is 0 Å². The number of sulfonamides is 1. The highest BCUT2D eigenvalue weighted by atomic mass is 32.2. The lowest BCUT2D eigenvalue weighted by molar-refractivity contribution is -0.138. The minimum atomic E-state index is -3.98. The zero-order valence-electron chi connectivity index (χ0n) is 21.5. The van der Waals surface area contributed by atoms with Crippen molar-refractivity contribution in [3.63, 3.8) is 0 Å². The largest absolute Gasteiger partial charge is 0.487 e. The van der Waals surface area contributed by atoms with Crippen molar-refractivity contribution in [1.29, 1.82) is 0 Å². The van der Waals surface area contributed by atoms with Crippen molar-refractivity contribution in [1.82, 2.24) is 9.21 Å². The first-order valence-electron chi connectivity index (χ1n) is 12.6. The summed E-state index contributed by atoms with van der Waals surface area (Å²) in [5, 5.41) is 9.83. The van der Waals surface area contributed by atoms with Crippen molar-refractivity contribution < 1.29 is 32.2 Å². The summed E-state index contributed by atoms with van der Waals surface area (Å²) in [4.78, 5) is 14.8. The third-order valence-electron chi connectivity index (χ3n) is 7.25. The van der Waals surface area contributed by atoms with E-state index in [0.29, 0.717) is 37.2 Å². The summed E-state index contributed by atoms with van der Waals surface area (Å²) >= 11 is 0. The predicted molar refractivity (Wildman–Crippen MR) is 137 cm³/mol. The minimum absolute atomic E-state index is 0.00558. The molecule has 1 amide bonds. The van der Waals surface area contributed by atoms with E-state index in [0.717, 1.165) is 0 Å². The van der Waals surface area contributed by atoms with E-state index < -0.39 is 22.2 Å². The Labute approximate surface area is 218 Å². The topological polar surface area (TPSA) is 96.4 Å². The van der Waals surface area contributed by atoms with Crippen molar-refractivity contribution in [2.24, 2.45) is 11.8 Å². The molecule has 37 heavy (non-hydrogen) atoms. The maximum absolute atomic E-state index is 13.7. The van der Waals surface area contributed by atoms with Crippen LogP contribution in [0.25, 0.3) is 11.1 Å². The lowest BCUT2D eigenvalue weighted by atomic mass is 9.97. The summed E-state index contributed by atoms with van der Waals surface area (Å²) in [5.74, 6) is -0.564. The van der Waals surface area contributed by atoms with E-state index in [2.05, 4.69) is 0 Å². The average Bonchev–Trinajstić information content (AvgIpc) is 2.90.